The van der Waals surface area contributed by atoms with E-state index in [1.54, 1.807) is 18.6 Å². The Morgan fingerprint density at radius 2 is 2.38 bits per heavy atom. The van der Waals surface area contributed by atoms with E-state index in [0.717, 1.165) is 36.5 Å². The Balaban J connectivity index is 1.54. The number of rotatable bonds is 4. The van der Waals surface area contributed by atoms with Crippen LogP contribution in [0.2, 0.25) is 0 Å². The first-order chi connectivity index (χ1) is 11.8. The van der Waals surface area contributed by atoms with Gasteiger partial charge in [-0.3, -0.25) is 4.98 Å². The molecule has 0 saturated carbocycles. The summed E-state index contributed by atoms with van der Waals surface area (Å²) in [7, 11) is 0. The van der Waals surface area contributed by atoms with Crippen LogP contribution < -0.4 is 15.0 Å². The largest absolute Gasteiger partial charge is 0.490 e. The van der Waals surface area contributed by atoms with E-state index in [4.69, 9.17) is 9.15 Å². The number of aromatic nitrogens is 3. The highest BCUT2D eigenvalue weighted by Crippen LogP contribution is 2.23. The molecule has 4 rings (SSSR count). The van der Waals surface area contributed by atoms with Gasteiger partial charge in [-0.1, -0.05) is 0 Å². The molecule has 1 N–H and O–H groups in total. The van der Waals surface area contributed by atoms with Crippen LogP contribution in [0.15, 0.2) is 41.2 Å². The zero-order chi connectivity index (χ0) is 16.4. The number of anilines is 1. The van der Waals surface area contributed by atoms with Crippen LogP contribution in [-0.4, -0.2) is 47.2 Å². The monoisotopic (exact) mass is 325 g/mol. The SMILES string of the molecule is Cc1cnc2nc(N3CCNCC3COc3cccnc3)oc2c1. The third-order valence-corrected chi connectivity index (χ3v) is 4.05. The first kappa shape index (κ1) is 14.9. The average molecular weight is 325 g/mol. The Bertz CT molecular complexity index is 820. The number of hydrogen-bond donors (Lipinski definition) is 1. The van der Waals surface area contributed by atoms with Gasteiger partial charge in [0.25, 0.3) is 6.01 Å². The van der Waals surface area contributed by atoms with Gasteiger partial charge in [0.05, 0.1) is 12.2 Å². The van der Waals surface area contributed by atoms with Gasteiger partial charge in [0.15, 0.2) is 5.58 Å². The quantitative estimate of drug-likeness (QED) is 0.783. The van der Waals surface area contributed by atoms with Crippen molar-refractivity contribution in [1.82, 2.24) is 20.3 Å². The molecule has 3 aromatic rings. The van der Waals surface area contributed by atoms with Crippen LogP contribution in [0.3, 0.4) is 0 Å². The number of nitrogens with one attached hydrogen (secondary N) is 1. The summed E-state index contributed by atoms with van der Waals surface area (Å²) in [6.45, 7) is 5.03. The van der Waals surface area contributed by atoms with Gasteiger partial charge in [-0.2, -0.15) is 4.98 Å². The molecule has 0 aromatic carbocycles. The highest BCUT2D eigenvalue weighted by Gasteiger charge is 2.27. The number of nitrogens with zero attached hydrogens (tertiary/aromatic N) is 4. The molecule has 1 saturated heterocycles. The Kier molecular flexibility index (Phi) is 4.00. The third kappa shape index (κ3) is 3.03. The van der Waals surface area contributed by atoms with E-state index in [1.165, 1.54) is 0 Å². The first-order valence-electron chi connectivity index (χ1n) is 8.03. The number of fused-ring (bicyclic) bond motifs is 1. The first-order valence-corrected chi connectivity index (χ1v) is 8.03. The predicted octanol–water partition coefficient (Wildman–Crippen LogP) is 1.78. The fourth-order valence-corrected chi connectivity index (χ4v) is 2.82. The second-order valence-electron chi connectivity index (χ2n) is 5.88. The molecule has 0 spiro atoms. The number of piperazine rings is 1. The highest BCUT2D eigenvalue weighted by molar-refractivity contribution is 5.70. The zero-order valence-electron chi connectivity index (χ0n) is 13.5. The maximum Gasteiger partial charge on any atom is 0.300 e. The summed E-state index contributed by atoms with van der Waals surface area (Å²) >= 11 is 0. The minimum atomic E-state index is 0.133. The fraction of sp³-hybridized carbons (Fsp3) is 0.353. The van der Waals surface area contributed by atoms with Gasteiger partial charge in [-0.15, -0.1) is 0 Å². The van der Waals surface area contributed by atoms with E-state index in [9.17, 15) is 0 Å². The van der Waals surface area contributed by atoms with Crippen molar-refractivity contribution in [3.8, 4) is 5.75 Å². The molecule has 1 aliphatic rings. The summed E-state index contributed by atoms with van der Waals surface area (Å²) < 4.78 is 11.8. The lowest BCUT2D eigenvalue weighted by Gasteiger charge is -2.34. The molecule has 1 fully saturated rings. The minimum absolute atomic E-state index is 0.133. The summed E-state index contributed by atoms with van der Waals surface area (Å²) in [4.78, 5) is 15.1. The summed E-state index contributed by atoms with van der Waals surface area (Å²) in [6.07, 6.45) is 5.25. The Labute approximate surface area is 139 Å². The van der Waals surface area contributed by atoms with Gasteiger partial charge < -0.3 is 19.4 Å². The average Bonchev–Trinajstić information content (AvgIpc) is 3.04. The molecule has 7 nitrogen and oxygen atoms in total. The standard InChI is InChI=1S/C17H19N5O2/c1-12-7-15-16(20-8-12)21-17(24-15)22-6-5-19-9-13(22)11-23-14-3-2-4-18-10-14/h2-4,7-8,10,13,19H,5-6,9,11H2,1H3. The van der Waals surface area contributed by atoms with Gasteiger partial charge in [-0.05, 0) is 30.7 Å². The zero-order valence-corrected chi connectivity index (χ0v) is 13.5. The van der Waals surface area contributed by atoms with Crippen molar-refractivity contribution in [1.29, 1.82) is 0 Å². The van der Waals surface area contributed by atoms with E-state index in [2.05, 4.69) is 25.2 Å². The van der Waals surface area contributed by atoms with Crippen LogP contribution in [0.4, 0.5) is 6.01 Å². The van der Waals surface area contributed by atoms with E-state index in [-0.39, 0.29) is 6.04 Å². The number of ether oxygens (including phenoxy) is 1. The maximum absolute atomic E-state index is 5.93. The fourth-order valence-electron chi connectivity index (χ4n) is 2.82. The van der Waals surface area contributed by atoms with Crippen LogP contribution in [0, 0.1) is 6.92 Å². The van der Waals surface area contributed by atoms with Crippen LogP contribution in [0.25, 0.3) is 11.2 Å². The van der Waals surface area contributed by atoms with Crippen molar-refractivity contribution in [3.63, 3.8) is 0 Å². The van der Waals surface area contributed by atoms with Crippen LogP contribution in [0.1, 0.15) is 5.56 Å². The third-order valence-electron chi connectivity index (χ3n) is 4.05. The lowest BCUT2D eigenvalue weighted by atomic mass is 10.2. The van der Waals surface area contributed by atoms with Gasteiger partial charge in [0.2, 0.25) is 5.65 Å². The van der Waals surface area contributed by atoms with Crippen LogP contribution >= 0.6 is 0 Å². The van der Waals surface area contributed by atoms with Crippen molar-refractivity contribution >= 4 is 17.2 Å². The molecule has 124 valence electrons. The van der Waals surface area contributed by atoms with Crippen molar-refractivity contribution in [2.75, 3.05) is 31.1 Å². The predicted molar refractivity (Wildman–Crippen MR) is 90.3 cm³/mol. The number of hydrogen-bond acceptors (Lipinski definition) is 7. The van der Waals surface area contributed by atoms with Gasteiger partial charge in [0, 0.05) is 32.0 Å². The molecule has 1 atom stereocenters. The minimum Gasteiger partial charge on any atom is -0.490 e. The van der Waals surface area contributed by atoms with Crippen molar-refractivity contribution in [2.45, 2.75) is 13.0 Å². The summed E-state index contributed by atoms with van der Waals surface area (Å²) in [6, 6.07) is 6.46. The molecule has 0 amide bonds. The number of pyridine rings is 2. The van der Waals surface area contributed by atoms with Gasteiger partial charge in [0.1, 0.15) is 12.4 Å². The van der Waals surface area contributed by atoms with E-state index < -0.39 is 0 Å². The lowest BCUT2D eigenvalue weighted by Crippen LogP contribution is -2.54. The second kappa shape index (κ2) is 6.45. The highest BCUT2D eigenvalue weighted by atomic mass is 16.5. The van der Waals surface area contributed by atoms with Crippen molar-refractivity contribution in [3.05, 3.63) is 42.4 Å². The molecule has 0 aliphatic carbocycles. The maximum atomic E-state index is 5.93. The Morgan fingerprint density at radius 3 is 3.25 bits per heavy atom. The Hall–Kier alpha value is -2.67. The van der Waals surface area contributed by atoms with E-state index in [1.807, 2.05) is 25.1 Å². The summed E-state index contributed by atoms with van der Waals surface area (Å²) in [5.41, 5.74) is 2.42. The molecule has 1 unspecified atom stereocenters. The van der Waals surface area contributed by atoms with Crippen LogP contribution in [-0.2, 0) is 0 Å². The van der Waals surface area contributed by atoms with E-state index >= 15 is 0 Å². The summed E-state index contributed by atoms with van der Waals surface area (Å²) in [5.74, 6) is 0.762. The topological polar surface area (TPSA) is 76.3 Å². The normalized spacial score (nSPS) is 18.0. The van der Waals surface area contributed by atoms with Crippen molar-refractivity contribution < 1.29 is 9.15 Å². The van der Waals surface area contributed by atoms with E-state index in [0.29, 0.717) is 18.3 Å². The summed E-state index contributed by atoms with van der Waals surface area (Å²) in [5, 5.41) is 3.39. The molecule has 7 heteroatoms. The Morgan fingerprint density at radius 1 is 1.42 bits per heavy atom. The van der Waals surface area contributed by atoms with Crippen molar-refractivity contribution in [2.24, 2.45) is 0 Å². The molecular weight excluding hydrogens is 306 g/mol. The molecule has 0 bridgehead atoms. The number of oxazole rings is 1. The van der Waals surface area contributed by atoms with Gasteiger partial charge in [-0.25, -0.2) is 4.98 Å². The number of aryl methyl sites for hydroxylation is 1. The second-order valence-corrected chi connectivity index (χ2v) is 5.88. The van der Waals surface area contributed by atoms with Crippen LogP contribution in [0.5, 0.6) is 5.75 Å². The molecule has 4 heterocycles. The molecule has 0 radical (unpaired) electrons. The molecular formula is C17H19N5O2. The lowest BCUT2D eigenvalue weighted by molar-refractivity contribution is 0.261. The molecule has 24 heavy (non-hydrogen) atoms. The molecule has 3 aromatic heterocycles. The smallest absolute Gasteiger partial charge is 0.300 e. The molecule has 1 aliphatic heterocycles. The van der Waals surface area contributed by atoms with Gasteiger partial charge >= 0.3 is 0 Å².